The molecule has 5 heteroatoms. The summed E-state index contributed by atoms with van der Waals surface area (Å²) in [7, 11) is 0. The number of aliphatic hydroxyl groups excluding tert-OH is 1. The van der Waals surface area contributed by atoms with Crippen LogP contribution in [0.5, 0.6) is 0 Å². The van der Waals surface area contributed by atoms with E-state index in [0.717, 1.165) is 37.3 Å². The lowest BCUT2D eigenvalue weighted by Crippen LogP contribution is -2.50. The van der Waals surface area contributed by atoms with Crippen molar-refractivity contribution in [3.8, 4) is 0 Å². The first-order valence-electron chi connectivity index (χ1n) is 5.68. The number of alkyl halides is 1. The van der Waals surface area contributed by atoms with E-state index < -0.39 is 0 Å². The third kappa shape index (κ3) is 5.44. The van der Waals surface area contributed by atoms with Crippen LogP contribution in [-0.2, 0) is 0 Å². The summed E-state index contributed by atoms with van der Waals surface area (Å²) >= 11 is 2.21. The van der Waals surface area contributed by atoms with E-state index in [1.54, 1.807) is 0 Å². The zero-order valence-electron chi connectivity index (χ0n) is 9.45. The lowest BCUT2D eigenvalue weighted by molar-refractivity contribution is 0.0596. The van der Waals surface area contributed by atoms with Gasteiger partial charge in [0.15, 0.2) is 0 Å². The van der Waals surface area contributed by atoms with Gasteiger partial charge in [-0.05, 0) is 13.0 Å². The minimum atomic E-state index is -0.375. The van der Waals surface area contributed by atoms with Gasteiger partial charge in [-0.25, -0.2) is 0 Å². The Morgan fingerprint density at radius 1 is 1.27 bits per heavy atom. The second-order valence-corrected chi connectivity index (χ2v) is 4.76. The largest absolute Gasteiger partial charge is 0.377 e. The summed E-state index contributed by atoms with van der Waals surface area (Å²) in [4.78, 5) is 4.82. The number of hydrogen-bond donors (Lipinski definition) is 2. The van der Waals surface area contributed by atoms with Crippen molar-refractivity contribution in [2.75, 3.05) is 43.8 Å². The normalized spacial score (nSPS) is 21.8. The molecule has 1 rings (SSSR count). The van der Waals surface area contributed by atoms with Crippen molar-refractivity contribution in [2.24, 2.45) is 0 Å². The molecule has 0 amide bonds. The molecule has 1 aliphatic heterocycles. The summed E-state index contributed by atoms with van der Waals surface area (Å²) < 4.78 is 0.800. The van der Waals surface area contributed by atoms with Crippen LogP contribution in [0.2, 0.25) is 0 Å². The van der Waals surface area contributed by atoms with Crippen LogP contribution in [0.4, 0.5) is 0 Å². The molecule has 15 heavy (non-hydrogen) atoms. The van der Waals surface area contributed by atoms with Crippen molar-refractivity contribution < 1.29 is 5.11 Å². The first kappa shape index (κ1) is 13.6. The van der Waals surface area contributed by atoms with Crippen LogP contribution in [0.1, 0.15) is 13.3 Å². The highest BCUT2D eigenvalue weighted by molar-refractivity contribution is 14.1. The summed E-state index contributed by atoms with van der Waals surface area (Å²) in [5.41, 5.74) is 0. The molecule has 0 spiro atoms. The topological polar surface area (TPSA) is 38.7 Å². The minimum Gasteiger partial charge on any atom is -0.377 e. The Balaban J connectivity index is 2.14. The molecule has 1 heterocycles. The van der Waals surface area contributed by atoms with Crippen molar-refractivity contribution >= 4 is 22.6 Å². The van der Waals surface area contributed by atoms with Crippen molar-refractivity contribution in [3.05, 3.63) is 0 Å². The smallest absolute Gasteiger partial charge is 0.118 e. The van der Waals surface area contributed by atoms with E-state index in [4.69, 9.17) is 0 Å². The number of β-amino-alcohol motifs (C(OH)–C–C–N with tert-alkyl or cyclic N) is 1. The average Bonchev–Trinajstić information content (AvgIpc) is 2.22. The fourth-order valence-electron chi connectivity index (χ4n) is 1.91. The molecule has 0 aromatic heterocycles. The molecule has 4 nitrogen and oxygen atoms in total. The first-order chi connectivity index (χ1) is 7.26. The monoisotopic (exact) mass is 327 g/mol. The molecule has 90 valence electrons. The number of hydrogen-bond acceptors (Lipinski definition) is 4. The fourth-order valence-corrected chi connectivity index (χ4v) is 2.42. The van der Waals surface area contributed by atoms with Gasteiger partial charge in [0.2, 0.25) is 0 Å². The van der Waals surface area contributed by atoms with Gasteiger partial charge in [0.1, 0.15) is 6.23 Å². The van der Waals surface area contributed by atoms with E-state index >= 15 is 0 Å². The maximum absolute atomic E-state index is 9.60. The van der Waals surface area contributed by atoms with Crippen LogP contribution >= 0.6 is 22.6 Å². The molecule has 0 aliphatic carbocycles. The van der Waals surface area contributed by atoms with Crippen LogP contribution in [0.3, 0.4) is 0 Å². The van der Waals surface area contributed by atoms with Crippen molar-refractivity contribution in [1.82, 2.24) is 15.1 Å². The predicted molar refractivity (Wildman–Crippen MR) is 71.2 cm³/mol. The number of rotatable bonds is 6. The van der Waals surface area contributed by atoms with Gasteiger partial charge in [0.05, 0.1) is 4.55 Å². The summed E-state index contributed by atoms with van der Waals surface area (Å²) in [5, 5.41) is 12.6. The Labute approximate surface area is 106 Å². The molecule has 0 aromatic rings. The van der Waals surface area contributed by atoms with Crippen LogP contribution in [0.25, 0.3) is 0 Å². The SMILES string of the molecule is CCCN1CCN(CC(O)NCI)CC1. The van der Waals surface area contributed by atoms with Crippen LogP contribution in [0, 0.1) is 0 Å². The second kappa shape index (κ2) is 7.78. The van der Waals surface area contributed by atoms with Crippen molar-refractivity contribution in [2.45, 2.75) is 19.6 Å². The highest BCUT2D eigenvalue weighted by Gasteiger charge is 2.17. The molecule has 0 radical (unpaired) electrons. The number of aliphatic hydroxyl groups is 1. The van der Waals surface area contributed by atoms with E-state index in [2.05, 4.69) is 44.6 Å². The molecule has 0 bridgehead atoms. The van der Waals surface area contributed by atoms with Gasteiger partial charge in [-0.15, -0.1) is 0 Å². The molecule has 1 aliphatic rings. The number of nitrogens with one attached hydrogen (secondary N) is 1. The molecule has 1 atom stereocenters. The quantitative estimate of drug-likeness (QED) is 0.319. The Kier molecular flexibility index (Phi) is 7.07. The van der Waals surface area contributed by atoms with Gasteiger partial charge in [-0.1, -0.05) is 29.5 Å². The van der Waals surface area contributed by atoms with Crippen LogP contribution < -0.4 is 5.32 Å². The Morgan fingerprint density at radius 2 is 1.87 bits per heavy atom. The molecular weight excluding hydrogens is 305 g/mol. The van der Waals surface area contributed by atoms with E-state index in [-0.39, 0.29) is 6.23 Å². The zero-order chi connectivity index (χ0) is 11.1. The van der Waals surface area contributed by atoms with Gasteiger partial charge in [-0.2, -0.15) is 0 Å². The van der Waals surface area contributed by atoms with Crippen LogP contribution in [-0.4, -0.2) is 65.0 Å². The molecule has 1 unspecified atom stereocenters. The van der Waals surface area contributed by atoms with E-state index in [1.807, 2.05) is 0 Å². The summed E-state index contributed by atoms with van der Waals surface area (Å²) in [6.07, 6.45) is 0.860. The van der Waals surface area contributed by atoms with E-state index in [0.29, 0.717) is 0 Å². The highest BCUT2D eigenvalue weighted by Crippen LogP contribution is 2.02. The second-order valence-electron chi connectivity index (χ2n) is 4.00. The summed E-state index contributed by atoms with van der Waals surface area (Å²) in [5.74, 6) is 0. The third-order valence-corrected chi connectivity index (χ3v) is 3.19. The molecule has 0 aromatic carbocycles. The molecule has 0 saturated carbocycles. The van der Waals surface area contributed by atoms with Gasteiger partial charge >= 0.3 is 0 Å². The highest BCUT2D eigenvalue weighted by atomic mass is 127. The van der Waals surface area contributed by atoms with E-state index in [9.17, 15) is 5.11 Å². The van der Waals surface area contributed by atoms with Crippen molar-refractivity contribution in [3.63, 3.8) is 0 Å². The van der Waals surface area contributed by atoms with Gasteiger partial charge in [-0.3, -0.25) is 10.2 Å². The lowest BCUT2D eigenvalue weighted by atomic mass is 10.3. The standard InChI is InChI=1S/C10H22IN3O/c1-2-3-13-4-6-14(7-5-13)8-10(15)12-9-11/h10,12,15H,2-9H2,1H3. The average molecular weight is 327 g/mol. The molecule has 1 fully saturated rings. The Bertz CT molecular complexity index is 163. The summed E-state index contributed by atoms with van der Waals surface area (Å²) in [6.45, 7) is 8.64. The van der Waals surface area contributed by atoms with Gasteiger partial charge < -0.3 is 10.0 Å². The summed E-state index contributed by atoms with van der Waals surface area (Å²) in [6, 6.07) is 0. The van der Waals surface area contributed by atoms with Crippen molar-refractivity contribution in [1.29, 1.82) is 0 Å². The Morgan fingerprint density at radius 3 is 2.40 bits per heavy atom. The number of nitrogens with zero attached hydrogens (tertiary/aromatic N) is 2. The maximum Gasteiger partial charge on any atom is 0.118 e. The number of halogens is 1. The van der Waals surface area contributed by atoms with Gasteiger partial charge in [0, 0.05) is 32.7 Å². The first-order valence-corrected chi connectivity index (χ1v) is 7.21. The molecular formula is C10H22IN3O. The molecule has 1 saturated heterocycles. The van der Waals surface area contributed by atoms with Gasteiger partial charge in [0.25, 0.3) is 0 Å². The number of piperazine rings is 1. The van der Waals surface area contributed by atoms with Crippen LogP contribution in [0.15, 0.2) is 0 Å². The third-order valence-electron chi connectivity index (χ3n) is 2.75. The zero-order valence-corrected chi connectivity index (χ0v) is 11.6. The maximum atomic E-state index is 9.60. The predicted octanol–water partition coefficient (Wildman–Crippen LogP) is 0.314. The molecule has 2 N–H and O–H groups in total. The minimum absolute atomic E-state index is 0.375. The lowest BCUT2D eigenvalue weighted by Gasteiger charge is -2.35. The Hall–Kier alpha value is 0.570. The van der Waals surface area contributed by atoms with E-state index in [1.165, 1.54) is 13.0 Å². The fraction of sp³-hybridized carbons (Fsp3) is 1.00.